The predicted molar refractivity (Wildman–Crippen MR) is 181 cm³/mol. The summed E-state index contributed by atoms with van der Waals surface area (Å²) in [6.07, 6.45) is 4.60. The molecule has 1 aliphatic heterocycles. The molecule has 0 saturated carbocycles. The summed E-state index contributed by atoms with van der Waals surface area (Å²) in [5.41, 5.74) is 2.44. The smallest absolute Gasteiger partial charge is 0.249 e. The highest BCUT2D eigenvalue weighted by Crippen LogP contribution is 2.45. The summed E-state index contributed by atoms with van der Waals surface area (Å²) in [4.78, 5) is 26.8. The van der Waals surface area contributed by atoms with Crippen LogP contribution >= 0.6 is 0 Å². The molecule has 2 aromatic heterocycles. The third-order valence-corrected chi connectivity index (χ3v) is 8.36. The number of aliphatic imine (C=N–C) groups is 1. The Labute approximate surface area is 271 Å². The quantitative estimate of drug-likeness (QED) is 0.106. The van der Waals surface area contributed by atoms with Gasteiger partial charge in [0.15, 0.2) is 5.82 Å². The summed E-state index contributed by atoms with van der Waals surface area (Å²) < 4.78 is 19.6. The number of nitrogens with zero attached hydrogens (tertiary/aromatic N) is 3. The molecule has 2 N–H and O–H groups in total. The molecular weight excluding hydrogens is 580 g/mol. The molecule has 4 aromatic rings. The number of aromatic amines is 1. The molecule has 0 bridgehead atoms. The van der Waals surface area contributed by atoms with E-state index < -0.39 is 24.1 Å². The fraction of sp³-hybridized carbons (Fsp3) is 0.432. The summed E-state index contributed by atoms with van der Waals surface area (Å²) in [6.45, 7) is 8.62. The van der Waals surface area contributed by atoms with E-state index >= 15 is 0 Å². The molecule has 0 radical (unpaired) electrons. The Morgan fingerprint density at radius 1 is 0.935 bits per heavy atom. The van der Waals surface area contributed by atoms with Crippen molar-refractivity contribution in [1.82, 2.24) is 14.9 Å². The van der Waals surface area contributed by atoms with E-state index in [1.165, 1.54) is 6.07 Å². The normalized spacial score (nSPS) is 21.3. The molecule has 4 atom stereocenters. The van der Waals surface area contributed by atoms with Gasteiger partial charge in [0, 0.05) is 24.5 Å². The van der Waals surface area contributed by atoms with Crippen molar-refractivity contribution in [2.75, 3.05) is 13.1 Å². The fourth-order valence-corrected chi connectivity index (χ4v) is 5.76. The molecule has 244 valence electrons. The first kappa shape index (κ1) is 33.5. The lowest BCUT2D eigenvalue weighted by Crippen LogP contribution is -2.44. The van der Waals surface area contributed by atoms with Gasteiger partial charge in [-0.25, -0.2) is 9.98 Å². The van der Waals surface area contributed by atoms with Gasteiger partial charge in [-0.1, -0.05) is 94.3 Å². The number of pyridine rings is 2. The number of aromatic nitrogens is 2. The van der Waals surface area contributed by atoms with Gasteiger partial charge in [0.25, 0.3) is 0 Å². The van der Waals surface area contributed by atoms with Crippen LogP contribution in [0.3, 0.4) is 0 Å². The molecule has 0 aliphatic carbocycles. The number of aliphatic hydroxyl groups is 1. The van der Waals surface area contributed by atoms with Gasteiger partial charge < -0.3 is 29.2 Å². The highest BCUT2D eigenvalue weighted by atomic mass is 16.7. The van der Waals surface area contributed by atoms with E-state index in [0.717, 1.165) is 49.9 Å². The standard InChI is InChI=1S/C37H46N4O5/c1-4-7-21-41(22-8-5-2)26-38-36-30(23-29-19-20-32(42)39-35(29)40-36)37(43)34(45-25-28-17-13-10-14-18-28)33(31(6-3)46-37)44-24-27-15-11-9-12-16-27/h9-20,23,26,31,33-34,43H,4-8,21-22,24-25H2,1-3H3,(H,39,40,42)/t31-,33?,34+,37?/m1/s1. The maximum atomic E-state index is 12.7. The Hall–Kier alpha value is -3.89. The molecule has 1 aliphatic rings. The van der Waals surface area contributed by atoms with Gasteiger partial charge in [-0.3, -0.25) is 4.79 Å². The number of fused-ring (bicyclic) bond motifs is 1. The molecule has 9 heteroatoms. The molecule has 1 saturated heterocycles. The molecule has 5 rings (SSSR count). The largest absolute Gasteiger partial charge is 0.368 e. The van der Waals surface area contributed by atoms with Gasteiger partial charge in [0.1, 0.15) is 17.9 Å². The Kier molecular flexibility index (Phi) is 11.7. The molecule has 0 spiro atoms. The van der Waals surface area contributed by atoms with Crippen LogP contribution in [0.5, 0.6) is 0 Å². The lowest BCUT2D eigenvalue weighted by Gasteiger charge is -2.31. The molecule has 9 nitrogen and oxygen atoms in total. The van der Waals surface area contributed by atoms with Crippen molar-refractivity contribution < 1.29 is 19.3 Å². The van der Waals surface area contributed by atoms with Gasteiger partial charge in [-0.15, -0.1) is 0 Å². The zero-order valence-corrected chi connectivity index (χ0v) is 27.1. The van der Waals surface area contributed by atoms with Crippen LogP contribution < -0.4 is 5.56 Å². The first-order valence-electron chi connectivity index (χ1n) is 16.5. The highest BCUT2D eigenvalue weighted by molar-refractivity contribution is 5.79. The van der Waals surface area contributed by atoms with Gasteiger partial charge in [0.2, 0.25) is 11.3 Å². The number of hydrogen-bond donors (Lipinski definition) is 2. The number of H-pyrrole nitrogens is 1. The number of ether oxygens (including phenoxy) is 3. The zero-order valence-electron chi connectivity index (χ0n) is 27.1. The Morgan fingerprint density at radius 2 is 1.57 bits per heavy atom. The van der Waals surface area contributed by atoms with Gasteiger partial charge >= 0.3 is 0 Å². The Morgan fingerprint density at radius 3 is 2.17 bits per heavy atom. The molecule has 3 heterocycles. The van der Waals surface area contributed by atoms with Crippen molar-refractivity contribution in [1.29, 1.82) is 0 Å². The Bertz CT molecular complexity index is 1600. The maximum Gasteiger partial charge on any atom is 0.249 e. The monoisotopic (exact) mass is 626 g/mol. The molecular formula is C37H46N4O5. The van der Waals surface area contributed by atoms with E-state index in [1.54, 1.807) is 18.5 Å². The number of unbranched alkanes of at least 4 members (excludes halogenated alkanes) is 2. The summed E-state index contributed by atoms with van der Waals surface area (Å²) in [5, 5.41) is 13.3. The maximum absolute atomic E-state index is 12.7. The van der Waals surface area contributed by atoms with Crippen LogP contribution in [0.1, 0.15) is 69.6 Å². The number of nitrogens with one attached hydrogen (secondary N) is 1. The number of rotatable bonds is 16. The van der Waals surface area contributed by atoms with Gasteiger partial charge in [0.05, 0.1) is 31.2 Å². The van der Waals surface area contributed by atoms with Crippen molar-refractivity contribution >= 4 is 23.2 Å². The van der Waals surface area contributed by atoms with Crippen LogP contribution in [0.4, 0.5) is 5.82 Å². The van der Waals surface area contributed by atoms with Gasteiger partial charge in [-0.05, 0) is 42.5 Å². The predicted octanol–water partition coefficient (Wildman–Crippen LogP) is 6.61. The first-order chi connectivity index (χ1) is 22.4. The van der Waals surface area contributed by atoms with E-state index in [9.17, 15) is 9.90 Å². The van der Waals surface area contributed by atoms with E-state index in [1.807, 2.05) is 67.6 Å². The summed E-state index contributed by atoms with van der Waals surface area (Å²) in [6, 6.07) is 24.7. The summed E-state index contributed by atoms with van der Waals surface area (Å²) in [5.74, 6) is -1.69. The van der Waals surface area contributed by atoms with Crippen LogP contribution in [0, 0.1) is 0 Å². The SMILES string of the molecule is CCCCN(C=Nc1nc2[nH]c(=O)ccc2cc1C1(O)O[C@H](CC)C(OCc2ccccc2)[C@@H]1OCc1ccccc1)CCCC. The first-order valence-corrected chi connectivity index (χ1v) is 16.5. The van der Waals surface area contributed by atoms with E-state index in [0.29, 0.717) is 29.6 Å². The van der Waals surface area contributed by atoms with Crippen molar-refractivity contribution in [3.63, 3.8) is 0 Å². The van der Waals surface area contributed by atoms with Crippen LogP contribution in [0.2, 0.25) is 0 Å². The molecule has 46 heavy (non-hydrogen) atoms. The highest BCUT2D eigenvalue weighted by Gasteiger charge is 2.57. The van der Waals surface area contributed by atoms with Crippen molar-refractivity contribution in [3.05, 3.63) is 106 Å². The van der Waals surface area contributed by atoms with Crippen LogP contribution in [0.15, 0.2) is 88.6 Å². The second-order valence-electron chi connectivity index (χ2n) is 11.8. The average molecular weight is 627 g/mol. The third kappa shape index (κ3) is 8.09. The summed E-state index contributed by atoms with van der Waals surface area (Å²) in [7, 11) is 0. The summed E-state index contributed by atoms with van der Waals surface area (Å²) >= 11 is 0. The van der Waals surface area contributed by atoms with Gasteiger partial charge in [-0.2, -0.15) is 0 Å². The van der Waals surface area contributed by atoms with Crippen molar-refractivity contribution in [2.24, 2.45) is 4.99 Å². The molecule has 2 unspecified atom stereocenters. The minimum Gasteiger partial charge on any atom is -0.368 e. The van der Waals surface area contributed by atoms with E-state index in [2.05, 4.69) is 23.7 Å². The number of hydrogen-bond acceptors (Lipinski definition) is 7. The number of benzene rings is 2. The third-order valence-electron chi connectivity index (χ3n) is 8.36. The molecule has 0 amide bonds. The molecule has 1 fully saturated rings. The van der Waals surface area contributed by atoms with E-state index in [4.69, 9.17) is 24.2 Å². The fourth-order valence-electron chi connectivity index (χ4n) is 5.76. The molecule has 2 aromatic carbocycles. The van der Waals surface area contributed by atoms with Crippen molar-refractivity contribution in [2.45, 2.75) is 90.2 Å². The minimum absolute atomic E-state index is 0.244. The second-order valence-corrected chi connectivity index (χ2v) is 11.8. The van der Waals surface area contributed by atoms with Crippen molar-refractivity contribution in [3.8, 4) is 0 Å². The minimum atomic E-state index is -1.95. The lowest BCUT2D eigenvalue weighted by atomic mass is 9.96. The Balaban J connectivity index is 1.58. The topological polar surface area (TPSA) is 109 Å². The average Bonchev–Trinajstić information content (AvgIpc) is 3.37. The lowest BCUT2D eigenvalue weighted by molar-refractivity contribution is -0.249. The van der Waals surface area contributed by atoms with Crippen LogP contribution in [-0.4, -0.2) is 57.7 Å². The van der Waals surface area contributed by atoms with Crippen LogP contribution in [0.25, 0.3) is 11.0 Å². The zero-order chi connectivity index (χ0) is 32.4. The second kappa shape index (κ2) is 16.1. The van der Waals surface area contributed by atoms with E-state index in [-0.39, 0.29) is 18.0 Å². The van der Waals surface area contributed by atoms with Crippen LogP contribution in [-0.2, 0) is 33.2 Å².